The number of nitrogens with zero attached hydrogens (tertiary/aromatic N) is 1. The van der Waals surface area contributed by atoms with Gasteiger partial charge in [-0.05, 0) is 35.9 Å². The summed E-state index contributed by atoms with van der Waals surface area (Å²) < 4.78 is 13.0. The van der Waals surface area contributed by atoms with Gasteiger partial charge in [-0.1, -0.05) is 23.7 Å². The minimum absolute atomic E-state index is 0.286. The summed E-state index contributed by atoms with van der Waals surface area (Å²) >= 11 is 6.04. The lowest BCUT2D eigenvalue weighted by atomic mass is 10.1. The van der Waals surface area contributed by atoms with E-state index in [2.05, 4.69) is 5.32 Å². The van der Waals surface area contributed by atoms with Crippen molar-refractivity contribution >= 4 is 17.3 Å². The van der Waals surface area contributed by atoms with E-state index in [0.29, 0.717) is 22.8 Å². The lowest BCUT2D eigenvalue weighted by Gasteiger charge is -2.08. The molecule has 0 aliphatic carbocycles. The van der Waals surface area contributed by atoms with Gasteiger partial charge in [0, 0.05) is 17.3 Å². The van der Waals surface area contributed by atoms with E-state index in [-0.39, 0.29) is 5.82 Å². The summed E-state index contributed by atoms with van der Waals surface area (Å²) in [7, 11) is 0. The third-order valence-corrected chi connectivity index (χ3v) is 2.84. The molecule has 2 aromatic carbocycles. The molecular formula is C14H10ClFN2. The van der Waals surface area contributed by atoms with Crippen molar-refractivity contribution in [2.24, 2.45) is 0 Å². The maximum Gasteiger partial charge on any atom is 0.125 e. The first-order valence-corrected chi connectivity index (χ1v) is 5.75. The van der Waals surface area contributed by atoms with Crippen LogP contribution < -0.4 is 5.32 Å². The highest BCUT2D eigenvalue weighted by Gasteiger charge is 2.02. The van der Waals surface area contributed by atoms with Gasteiger partial charge in [-0.15, -0.1) is 0 Å². The Bertz CT molecular complexity index is 605. The van der Waals surface area contributed by atoms with Crippen molar-refractivity contribution in [3.05, 3.63) is 64.4 Å². The number of hydrogen-bond donors (Lipinski definition) is 1. The van der Waals surface area contributed by atoms with Crippen LogP contribution in [0.1, 0.15) is 11.1 Å². The molecule has 18 heavy (non-hydrogen) atoms. The zero-order valence-corrected chi connectivity index (χ0v) is 10.2. The fraction of sp³-hybridized carbons (Fsp3) is 0.0714. The minimum Gasteiger partial charge on any atom is -0.381 e. The van der Waals surface area contributed by atoms with Crippen LogP contribution in [0.4, 0.5) is 10.1 Å². The van der Waals surface area contributed by atoms with Crippen LogP contribution in [0.25, 0.3) is 0 Å². The third kappa shape index (κ3) is 2.99. The number of halogens is 2. The van der Waals surface area contributed by atoms with E-state index >= 15 is 0 Å². The van der Waals surface area contributed by atoms with Crippen molar-refractivity contribution in [1.29, 1.82) is 5.26 Å². The molecule has 0 bridgehead atoms. The molecule has 2 rings (SSSR count). The van der Waals surface area contributed by atoms with Crippen molar-refractivity contribution in [3.8, 4) is 6.07 Å². The molecule has 2 nitrogen and oxygen atoms in total. The molecule has 0 aliphatic heterocycles. The van der Waals surface area contributed by atoms with E-state index in [1.807, 2.05) is 6.07 Å². The van der Waals surface area contributed by atoms with Crippen molar-refractivity contribution in [1.82, 2.24) is 0 Å². The number of nitriles is 1. The molecule has 0 spiro atoms. The van der Waals surface area contributed by atoms with Crippen molar-refractivity contribution in [2.75, 3.05) is 5.32 Å². The molecular weight excluding hydrogens is 251 g/mol. The van der Waals surface area contributed by atoms with Crippen LogP contribution in [0.3, 0.4) is 0 Å². The monoisotopic (exact) mass is 260 g/mol. The SMILES string of the molecule is N#Cc1ccc(CNc2cccc(F)c2)c(Cl)c1. The highest BCUT2D eigenvalue weighted by molar-refractivity contribution is 6.31. The normalized spacial score (nSPS) is 9.83. The van der Waals surface area contributed by atoms with E-state index in [9.17, 15) is 4.39 Å². The molecule has 0 atom stereocenters. The Morgan fingerprint density at radius 2 is 2.06 bits per heavy atom. The highest BCUT2D eigenvalue weighted by atomic mass is 35.5. The molecule has 4 heteroatoms. The van der Waals surface area contributed by atoms with Gasteiger partial charge in [0.15, 0.2) is 0 Å². The predicted octanol–water partition coefficient (Wildman–Crippen LogP) is 3.96. The number of anilines is 1. The Balaban J connectivity index is 2.09. The molecule has 90 valence electrons. The molecule has 0 unspecified atom stereocenters. The number of rotatable bonds is 3. The van der Waals surface area contributed by atoms with Crippen LogP contribution in [-0.4, -0.2) is 0 Å². The quantitative estimate of drug-likeness (QED) is 0.907. The van der Waals surface area contributed by atoms with Crippen molar-refractivity contribution < 1.29 is 4.39 Å². The molecule has 0 saturated heterocycles. The van der Waals surface area contributed by atoms with Gasteiger partial charge in [-0.3, -0.25) is 0 Å². The first kappa shape index (κ1) is 12.4. The first-order chi connectivity index (χ1) is 8.69. The number of hydrogen-bond acceptors (Lipinski definition) is 2. The maximum absolute atomic E-state index is 13.0. The fourth-order valence-electron chi connectivity index (χ4n) is 1.56. The van der Waals surface area contributed by atoms with E-state index in [1.54, 1.807) is 30.3 Å². The molecule has 0 radical (unpaired) electrons. The average Bonchev–Trinajstić information content (AvgIpc) is 2.37. The Labute approximate surface area is 110 Å². The van der Waals surface area contributed by atoms with E-state index < -0.39 is 0 Å². The molecule has 0 amide bonds. The summed E-state index contributed by atoms with van der Waals surface area (Å²) in [6.07, 6.45) is 0. The third-order valence-electron chi connectivity index (χ3n) is 2.49. The van der Waals surface area contributed by atoms with Crippen LogP contribution >= 0.6 is 11.6 Å². The lowest BCUT2D eigenvalue weighted by molar-refractivity contribution is 0.628. The molecule has 2 aromatic rings. The number of benzene rings is 2. The molecule has 0 saturated carbocycles. The van der Waals surface area contributed by atoms with E-state index in [0.717, 1.165) is 5.56 Å². The maximum atomic E-state index is 13.0. The van der Waals surface area contributed by atoms with Gasteiger partial charge in [0.25, 0.3) is 0 Å². The van der Waals surface area contributed by atoms with Gasteiger partial charge < -0.3 is 5.32 Å². The highest BCUT2D eigenvalue weighted by Crippen LogP contribution is 2.19. The largest absolute Gasteiger partial charge is 0.381 e. The van der Waals surface area contributed by atoms with Crippen molar-refractivity contribution in [2.45, 2.75) is 6.54 Å². The standard InChI is InChI=1S/C14H10ClFN2/c15-14-6-10(8-17)4-5-11(14)9-18-13-3-1-2-12(16)7-13/h1-7,18H,9H2. The van der Waals surface area contributed by atoms with Crippen LogP contribution in [0.2, 0.25) is 5.02 Å². The molecule has 0 heterocycles. The summed E-state index contributed by atoms with van der Waals surface area (Å²) in [5.41, 5.74) is 2.07. The predicted molar refractivity (Wildman–Crippen MR) is 69.9 cm³/mol. The molecule has 0 aromatic heterocycles. The zero-order valence-electron chi connectivity index (χ0n) is 9.45. The zero-order chi connectivity index (χ0) is 13.0. The fourth-order valence-corrected chi connectivity index (χ4v) is 1.80. The Hall–Kier alpha value is -2.05. The Morgan fingerprint density at radius 1 is 1.22 bits per heavy atom. The Morgan fingerprint density at radius 3 is 2.72 bits per heavy atom. The minimum atomic E-state index is -0.286. The number of nitrogens with one attached hydrogen (secondary N) is 1. The molecule has 0 fully saturated rings. The van der Waals surface area contributed by atoms with Gasteiger partial charge >= 0.3 is 0 Å². The summed E-state index contributed by atoms with van der Waals surface area (Å²) in [6, 6.07) is 13.3. The van der Waals surface area contributed by atoms with Gasteiger partial charge in [0.2, 0.25) is 0 Å². The topological polar surface area (TPSA) is 35.8 Å². The molecule has 1 N–H and O–H groups in total. The van der Waals surface area contributed by atoms with Crippen LogP contribution in [-0.2, 0) is 6.54 Å². The first-order valence-electron chi connectivity index (χ1n) is 5.37. The van der Waals surface area contributed by atoms with Gasteiger partial charge in [0.05, 0.1) is 11.6 Å². The van der Waals surface area contributed by atoms with E-state index in [1.165, 1.54) is 12.1 Å². The average molecular weight is 261 g/mol. The second kappa shape index (κ2) is 5.52. The summed E-state index contributed by atoms with van der Waals surface area (Å²) in [6.45, 7) is 0.480. The van der Waals surface area contributed by atoms with Crippen molar-refractivity contribution in [3.63, 3.8) is 0 Å². The van der Waals surface area contributed by atoms with Gasteiger partial charge in [-0.25, -0.2) is 4.39 Å². The molecule has 0 aliphatic rings. The summed E-state index contributed by atoms with van der Waals surface area (Å²) in [5, 5.41) is 12.3. The van der Waals surface area contributed by atoms with Crippen LogP contribution in [0.15, 0.2) is 42.5 Å². The van der Waals surface area contributed by atoms with Gasteiger partial charge in [-0.2, -0.15) is 5.26 Å². The second-order valence-electron chi connectivity index (χ2n) is 3.78. The van der Waals surface area contributed by atoms with Gasteiger partial charge in [0.1, 0.15) is 5.82 Å². The smallest absolute Gasteiger partial charge is 0.125 e. The van der Waals surface area contributed by atoms with Crippen LogP contribution in [0.5, 0.6) is 0 Å². The summed E-state index contributed by atoms with van der Waals surface area (Å²) in [4.78, 5) is 0. The second-order valence-corrected chi connectivity index (χ2v) is 4.19. The Kier molecular flexibility index (Phi) is 3.81. The van der Waals surface area contributed by atoms with E-state index in [4.69, 9.17) is 16.9 Å². The summed E-state index contributed by atoms with van der Waals surface area (Å²) in [5.74, 6) is -0.286. The lowest BCUT2D eigenvalue weighted by Crippen LogP contribution is -2.00. The van der Waals surface area contributed by atoms with Crippen LogP contribution in [0, 0.1) is 17.1 Å².